The third-order valence-electron chi connectivity index (χ3n) is 4.17. The number of nitrogens with one attached hydrogen (secondary N) is 1. The maximum Gasteiger partial charge on any atom is 0.255 e. The lowest BCUT2D eigenvalue weighted by Gasteiger charge is -2.21. The van der Waals surface area contributed by atoms with Gasteiger partial charge in [0.2, 0.25) is 0 Å². The Hall–Kier alpha value is -1.71. The van der Waals surface area contributed by atoms with Crippen molar-refractivity contribution in [3.63, 3.8) is 0 Å². The Bertz CT molecular complexity index is 850. The summed E-state index contributed by atoms with van der Waals surface area (Å²) in [6, 6.07) is 4.88. The molecule has 0 radical (unpaired) electrons. The van der Waals surface area contributed by atoms with Crippen LogP contribution in [0.25, 0.3) is 0 Å². The average Bonchev–Trinajstić information content (AvgIpc) is 3.16. The molecule has 1 N–H and O–H groups in total. The molecule has 10 heteroatoms. The lowest BCUT2D eigenvalue weighted by molar-refractivity contribution is 0.0236. The van der Waals surface area contributed by atoms with Gasteiger partial charge in [-0.25, -0.2) is 0 Å². The largest absolute Gasteiger partial charge is 0.493 e. The van der Waals surface area contributed by atoms with Crippen molar-refractivity contribution in [2.75, 3.05) is 37.8 Å². The van der Waals surface area contributed by atoms with Gasteiger partial charge in [0.25, 0.3) is 5.91 Å². The van der Waals surface area contributed by atoms with Gasteiger partial charge in [-0.3, -0.25) is 9.78 Å². The van der Waals surface area contributed by atoms with Gasteiger partial charge >= 0.3 is 0 Å². The number of amides is 1. The second-order valence-electron chi connectivity index (χ2n) is 6.10. The lowest BCUT2D eigenvalue weighted by atomic mass is 10.1. The molecule has 3 rings (SSSR count). The van der Waals surface area contributed by atoms with Gasteiger partial charge < -0.3 is 24.3 Å². The van der Waals surface area contributed by atoms with E-state index < -0.39 is 5.91 Å². The number of benzene rings is 1. The Morgan fingerprint density at radius 1 is 1.24 bits per heavy atom. The monoisotopic (exact) mass is 458 g/mol. The van der Waals surface area contributed by atoms with Gasteiger partial charge in [0, 0.05) is 18.0 Å². The number of methoxy groups -OCH3 is 1. The second kappa shape index (κ2) is 10.4. The van der Waals surface area contributed by atoms with Crippen LogP contribution in [0.3, 0.4) is 0 Å². The third kappa shape index (κ3) is 5.46. The summed E-state index contributed by atoms with van der Waals surface area (Å²) in [7, 11) is 1.53. The molecule has 1 aliphatic rings. The summed E-state index contributed by atoms with van der Waals surface area (Å²) in [5, 5.41) is 3.18. The van der Waals surface area contributed by atoms with E-state index in [0.717, 1.165) is 0 Å². The van der Waals surface area contributed by atoms with Crippen LogP contribution in [0.15, 0.2) is 30.6 Å². The molecule has 0 bridgehead atoms. The van der Waals surface area contributed by atoms with E-state index in [-0.39, 0.29) is 22.3 Å². The van der Waals surface area contributed by atoms with Gasteiger partial charge in [0.15, 0.2) is 17.6 Å². The summed E-state index contributed by atoms with van der Waals surface area (Å²) >= 11 is 13.7. The van der Waals surface area contributed by atoms with Crippen LogP contribution in [0.2, 0.25) is 10.0 Å². The van der Waals surface area contributed by atoms with E-state index in [1.807, 2.05) is 6.26 Å². The van der Waals surface area contributed by atoms with Crippen molar-refractivity contribution in [1.29, 1.82) is 0 Å². The molecule has 0 saturated carbocycles. The quantitative estimate of drug-likeness (QED) is 0.595. The Balaban J connectivity index is 1.78. The Morgan fingerprint density at radius 2 is 1.97 bits per heavy atom. The number of nitrogens with zero attached hydrogens (tertiary/aromatic N) is 1. The van der Waals surface area contributed by atoms with E-state index in [1.165, 1.54) is 19.5 Å². The Labute approximate surface area is 183 Å². The molecular weight excluding hydrogens is 439 g/mol. The standard InChI is InChI=1S/C19H20Cl2N2O5S/c1-25-14-4-3-11(19(24)23-18-12(20)6-22-7-13(18)21)5-15(14)28-17-9-26-8-16(17)27-10-29-2/h3-7,16-17H,8-10H2,1-2H3,(H,22,23,24). The summed E-state index contributed by atoms with van der Waals surface area (Å²) in [5.41, 5.74) is 0.645. The number of pyridine rings is 1. The number of hydrogen-bond acceptors (Lipinski definition) is 7. The zero-order valence-electron chi connectivity index (χ0n) is 15.8. The first-order valence-electron chi connectivity index (χ1n) is 8.66. The van der Waals surface area contributed by atoms with Crippen LogP contribution in [-0.4, -0.2) is 55.6 Å². The summed E-state index contributed by atoms with van der Waals surface area (Å²) in [5.74, 6) is 1.06. The summed E-state index contributed by atoms with van der Waals surface area (Å²) in [6.07, 6.45) is 4.26. The first-order valence-corrected chi connectivity index (χ1v) is 10.8. The number of anilines is 1. The van der Waals surface area contributed by atoms with Crippen molar-refractivity contribution < 1.29 is 23.7 Å². The number of ether oxygens (including phenoxy) is 4. The summed E-state index contributed by atoms with van der Waals surface area (Å²) in [4.78, 5) is 16.6. The van der Waals surface area contributed by atoms with E-state index >= 15 is 0 Å². The minimum absolute atomic E-state index is 0.195. The average molecular weight is 459 g/mol. The Morgan fingerprint density at radius 3 is 2.66 bits per heavy atom. The predicted octanol–water partition coefficient (Wildman–Crippen LogP) is 4.13. The van der Waals surface area contributed by atoms with Gasteiger partial charge in [-0.05, 0) is 24.5 Å². The van der Waals surface area contributed by atoms with Crippen molar-refractivity contribution in [1.82, 2.24) is 4.98 Å². The molecule has 2 heterocycles. The third-order valence-corrected chi connectivity index (χ3v) is 5.12. The molecule has 7 nitrogen and oxygen atoms in total. The highest BCUT2D eigenvalue weighted by Crippen LogP contribution is 2.33. The molecule has 29 heavy (non-hydrogen) atoms. The molecule has 2 aromatic rings. The van der Waals surface area contributed by atoms with E-state index in [9.17, 15) is 4.79 Å². The lowest BCUT2D eigenvalue weighted by Crippen LogP contribution is -2.32. The highest BCUT2D eigenvalue weighted by molar-refractivity contribution is 7.98. The zero-order valence-corrected chi connectivity index (χ0v) is 18.1. The summed E-state index contributed by atoms with van der Waals surface area (Å²) in [6.45, 7) is 0.841. The van der Waals surface area contributed by atoms with Crippen LogP contribution in [0.5, 0.6) is 11.5 Å². The van der Waals surface area contributed by atoms with Gasteiger partial charge in [-0.15, -0.1) is 11.8 Å². The minimum Gasteiger partial charge on any atom is -0.493 e. The number of halogens is 2. The maximum absolute atomic E-state index is 12.7. The molecule has 1 amide bonds. The van der Waals surface area contributed by atoms with Crippen molar-refractivity contribution >= 4 is 46.6 Å². The molecule has 156 valence electrons. The molecular formula is C19H20Cl2N2O5S. The zero-order chi connectivity index (χ0) is 20.8. The fourth-order valence-electron chi connectivity index (χ4n) is 2.73. The number of rotatable bonds is 8. The topological polar surface area (TPSA) is 78.9 Å². The minimum atomic E-state index is -0.398. The molecule has 2 atom stereocenters. The van der Waals surface area contributed by atoms with Crippen LogP contribution >= 0.6 is 35.0 Å². The van der Waals surface area contributed by atoms with Gasteiger partial charge in [0.05, 0.1) is 42.0 Å². The molecule has 1 fully saturated rings. The molecule has 2 unspecified atom stereocenters. The number of carbonyl (C=O) groups excluding carboxylic acids is 1. The number of hydrogen-bond donors (Lipinski definition) is 1. The smallest absolute Gasteiger partial charge is 0.255 e. The van der Waals surface area contributed by atoms with Crippen LogP contribution < -0.4 is 14.8 Å². The fraction of sp³-hybridized carbons (Fsp3) is 0.368. The molecule has 0 spiro atoms. The highest BCUT2D eigenvalue weighted by atomic mass is 35.5. The molecule has 1 aromatic carbocycles. The highest BCUT2D eigenvalue weighted by Gasteiger charge is 2.32. The number of thioether (sulfide) groups is 1. The number of carbonyl (C=O) groups is 1. The van der Waals surface area contributed by atoms with Gasteiger partial charge in [-0.2, -0.15) is 0 Å². The maximum atomic E-state index is 12.7. The van der Waals surface area contributed by atoms with Crippen molar-refractivity contribution in [2.24, 2.45) is 0 Å². The van der Waals surface area contributed by atoms with Crippen LogP contribution in [0.4, 0.5) is 5.69 Å². The molecule has 1 aromatic heterocycles. The van der Waals surface area contributed by atoms with Crippen LogP contribution in [0.1, 0.15) is 10.4 Å². The summed E-state index contributed by atoms with van der Waals surface area (Å²) < 4.78 is 22.7. The van der Waals surface area contributed by atoms with E-state index in [0.29, 0.717) is 41.9 Å². The first-order chi connectivity index (χ1) is 14.0. The first kappa shape index (κ1) is 22.0. The van der Waals surface area contributed by atoms with Crippen molar-refractivity contribution in [2.45, 2.75) is 12.2 Å². The Kier molecular flexibility index (Phi) is 7.85. The van der Waals surface area contributed by atoms with E-state index in [4.69, 9.17) is 42.1 Å². The van der Waals surface area contributed by atoms with Gasteiger partial charge in [-0.1, -0.05) is 23.2 Å². The molecule has 0 aliphatic carbocycles. The normalized spacial score (nSPS) is 18.5. The fourth-order valence-corrected chi connectivity index (χ4v) is 3.50. The van der Waals surface area contributed by atoms with Crippen molar-refractivity contribution in [3.8, 4) is 11.5 Å². The van der Waals surface area contributed by atoms with Gasteiger partial charge in [0.1, 0.15) is 6.10 Å². The second-order valence-corrected chi connectivity index (χ2v) is 7.73. The SMILES string of the molecule is COc1ccc(C(=O)Nc2c(Cl)cncc2Cl)cc1OC1COCC1OCSC. The van der Waals surface area contributed by atoms with E-state index in [2.05, 4.69) is 10.3 Å². The van der Waals surface area contributed by atoms with Crippen molar-refractivity contribution in [3.05, 3.63) is 46.2 Å². The van der Waals surface area contributed by atoms with Crippen LogP contribution in [-0.2, 0) is 9.47 Å². The number of aromatic nitrogens is 1. The molecule has 1 aliphatic heterocycles. The molecule has 1 saturated heterocycles. The predicted molar refractivity (Wildman–Crippen MR) is 114 cm³/mol. The van der Waals surface area contributed by atoms with E-state index in [1.54, 1.807) is 30.0 Å². The van der Waals surface area contributed by atoms with Crippen LogP contribution in [0, 0.1) is 0 Å².